The zero-order chi connectivity index (χ0) is 16.6. The summed E-state index contributed by atoms with van der Waals surface area (Å²) in [5.74, 6) is 0.524. The van der Waals surface area contributed by atoms with E-state index < -0.39 is 10.0 Å². The number of hydrogen-bond donors (Lipinski definition) is 1. The lowest BCUT2D eigenvalue weighted by Gasteiger charge is -2.17. The minimum Gasteiger partial charge on any atom is -0.473 e. The van der Waals surface area contributed by atoms with Crippen LogP contribution in [0.4, 0.5) is 0 Å². The van der Waals surface area contributed by atoms with Gasteiger partial charge < -0.3 is 4.74 Å². The second-order valence-corrected chi connectivity index (χ2v) is 7.70. The van der Waals surface area contributed by atoms with E-state index in [-0.39, 0.29) is 11.0 Å². The van der Waals surface area contributed by atoms with Gasteiger partial charge in [-0.15, -0.1) is 0 Å². The number of sulfonamides is 1. The van der Waals surface area contributed by atoms with Gasteiger partial charge in [0.05, 0.1) is 17.9 Å². The van der Waals surface area contributed by atoms with E-state index in [2.05, 4.69) is 15.2 Å². The Morgan fingerprint density at radius 2 is 2.09 bits per heavy atom. The summed E-state index contributed by atoms with van der Waals surface area (Å²) < 4.78 is 32.8. The molecule has 3 heterocycles. The Kier molecular flexibility index (Phi) is 4.11. The Labute approximate surface area is 135 Å². The topological polar surface area (TPSA) is 88.2 Å². The van der Waals surface area contributed by atoms with Gasteiger partial charge in [-0.1, -0.05) is 6.07 Å². The Balaban J connectivity index is 1.73. The van der Waals surface area contributed by atoms with Crippen molar-refractivity contribution in [3.05, 3.63) is 35.3 Å². The Bertz CT molecular complexity index is 779. The van der Waals surface area contributed by atoms with Crippen LogP contribution in [-0.2, 0) is 10.0 Å². The normalized spacial score (nSPS) is 19.2. The zero-order valence-corrected chi connectivity index (χ0v) is 14.2. The molecule has 1 unspecified atom stereocenters. The molecular weight excluding hydrogens is 316 g/mol. The SMILES string of the molecule is Cc1ccc(OC2CCN(S(=O)(=O)c3c(C)n[nH]c3C)C2)nc1. The first kappa shape index (κ1) is 15.9. The molecule has 1 N–H and O–H groups in total. The van der Waals surface area contributed by atoms with E-state index in [0.29, 0.717) is 36.8 Å². The van der Waals surface area contributed by atoms with Crippen LogP contribution in [0.1, 0.15) is 23.4 Å². The molecule has 0 saturated carbocycles. The molecule has 0 aromatic carbocycles. The van der Waals surface area contributed by atoms with Crippen LogP contribution >= 0.6 is 0 Å². The summed E-state index contributed by atoms with van der Waals surface area (Å²) in [4.78, 5) is 4.47. The maximum atomic E-state index is 12.8. The van der Waals surface area contributed by atoms with Crippen molar-refractivity contribution in [1.82, 2.24) is 19.5 Å². The quantitative estimate of drug-likeness (QED) is 0.915. The number of hydrogen-bond acceptors (Lipinski definition) is 5. The summed E-state index contributed by atoms with van der Waals surface area (Å²) in [6, 6.07) is 3.72. The minimum atomic E-state index is -3.55. The van der Waals surface area contributed by atoms with Crippen molar-refractivity contribution in [2.75, 3.05) is 13.1 Å². The lowest BCUT2D eigenvalue weighted by Crippen LogP contribution is -2.31. The Morgan fingerprint density at radius 1 is 1.30 bits per heavy atom. The Morgan fingerprint density at radius 3 is 2.70 bits per heavy atom. The summed E-state index contributed by atoms with van der Waals surface area (Å²) in [6.45, 7) is 6.12. The smallest absolute Gasteiger partial charge is 0.246 e. The second-order valence-electron chi connectivity index (χ2n) is 5.83. The highest BCUT2D eigenvalue weighted by Gasteiger charge is 2.36. The van der Waals surface area contributed by atoms with E-state index in [1.807, 2.05) is 13.0 Å². The maximum absolute atomic E-state index is 12.8. The van der Waals surface area contributed by atoms with E-state index in [9.17, 15) is 8.42 Å². The highest BCUT2D eigenvalue weighted by Crippen LogP contribution is 2.26. The number of ether oxygens (including phenoxy) is 1. The van der Waals surface area contributed by atoms with Crippen LogP contribution in [0, 0.1) is 20.8 Å². The van der Waals surface area contributed by atoms with E-state index in [1.54, 1.807) is 26.1 Å². The molecule has 1 aliphatic heterocycles. The lowest BCUT2D eigenvalue weighted by atomic mass is 10.3. The van der Waals surface area contributed by atoms with Gasteiger partial charge in [0.15, 0.2) is 0 Å². The molecule has 1 aliphatic rings. The number of nitrogens with one attached hydrogen (secondary N) is 1. The standard InChI is InChI=1S/C15H20N4O3S/c1-10-4-5-14(16-8-10)22-13-6-7-19(9-13)23(20,21)15-11(2)17-18-12(15)3/h4-5,8,13H,6-7,9H2,1-3H3,(H,17,18). The minimum absolute atomic E-state index is 0.188. The van der Waals surface area contributed by atoms with Gasteiger partial charge in [0.2, 0.25) is 15.9 Å². The number of aromatic nitrogens is 3. The van der Waals surface area contributed by atoms with Crippen molar-refractivity contribution in [3.8, 4) is 5.88 Å². The molecule has 0 amide bonds. The lowest BCUT2D eigenvalue weighted by molar-refractivity contribution is 0.207. The second kappa shape index (κ2) is 5.93. The molecular formula is C15H20N4O3S. The number of rotatable bonds is 4. The molecule has 2 aromatic heterocycles. The average molecular weight is 336 g/mol. The Hall–Kier alpha value is -1.93. The fourth-order valence-corrected chi connectivity index (χ4v) is 4.57. The molecule has 124 valence electrons. The van der Waals surface area contributed by atoms with Gasteiger partial charge in [-0.2, -0.15) is 9.40 Å². The van der Waals surface area contributed by atoms with E-state index in [4.69, 9.17) is 4.74 Å². The van der Waals surface area contributed by atoms with Crippen LogP contribution in [0.15, 0.2) is 23.2 Å². The number of aryl methyl sites for hydroxylation is 3. The first-order valence-electron chi connectivity index (χ1n) is 7.49. The van der Waals surface area contributed by atoms with Crippen LogP contribution in [0.3, 0.4) is 0 Å². The van der Waals surface area contributed by atoms with Crippen molar-refractivity contribution in [1.29, 1.82) is 0 Å². The third-order valence-corrected chi connectivity index (χ3v) is 6.07. The van der Waals surface area contributed by atoms with Crippen molar-refractivity contribution in [2.24, 2.45) is 0 Å². The van der Waals surface area contributed by atoms with Gasteiger partial charge in [0.1, 0.15) is 11.0 Å². The molecule has 23 heavy (non-hydrogen) atoms. The fourth-order valence-electron chi connectivity index (χ4n) is 2.76. The largest absolute Gasteiger partial charge is 0.473 e. The predicted octanol–water partition coefficient (Wildman–Crippen LogP) is 1.57. The van der Waals surface area contributed by atoms with Crippen LogP contribution in [0.5, 0.6) is 5.88 Å². The maximum Gasteiger partial charge on any atom is 0.246 e. The third kappa shape index (κ3) is 3.09. The molecule has 0 radical (unpaired) electrons. The van der Waals surface area contributed by atoms with Crippen LogP contribution in [0.25, 0.3) is 0 Å². The summed E-state index contributed by atoms with van der Waals surface area (Å²) in [6.07, 6.45) is 2.19. The first-order chi connectivity index (χ1) is 10.9. The summed E-state index contributed by atoms with van der Waals surface area (Å²) in [7, 11) is -3.55. The van der Waals surface area contributed by atoms with Gasteiger partial charge in [0.25, 0.3) is 0 Å². The number of pyridine rings is 1. The molecule has 0 bridgehead atoms. The summed E-state index contributed by atoms with van der Waals surface area (Å²) in [5, 5.41) is 6.70. The van der Waals surface area contributed by atoms with Crippen LogP contribution in [0.2, 0.25) is 0 Å². The monoisotopic (exact) mass is 336 g/mol. The molecule has 2 aromatic rings. The number of nitrogens with zero attached hydrogens (tertiary/aromatic N) is 3. The van der Waals surface area contributed by atoms with Gasteiger partial charge in [0, 0.05) is 18.8 Å². The first-order valence-corrected chi connectivity index (χ1v) is 8.93. The van der Waals surface area contributed by atoms with E-state index in [1.165, 1.54) is 4.31 Å². The van der Waals surface area contributed by atoms with Gasteiger partial charge in [-0.05, 0) is 32.8 Å². The molecule has 3 rings (SSSR count). The fraction of sp³-hybridized carbons (Fsp3) is 0.467. The molecule has 7 nitrogen and oxygen atoms in total. The molecule has 1 atom stereocenters. The summed E-state index contributed by atoms with van der Waals surface area (Å²) in [5.41, 5.74) is 2.11. The number of H-pyrrole nitrogens is 1. The third-order valence-electron chi connectivity index (χ3n) is 3.94. The van der Waals surface area contributed by atoms with E-state index >= 15 is 0 Å². The van der Waals surface area contributed by atoms with Gasteiger partial charge >= 0.3 is 0 Å². The highest BCUT2D eigenvalue weighted by molar-refractivity contribution is 7.89. The average Bonchev–Trinajstić information content (AvgIpc) is 3.09. The van der Waals surface area contributed by atoms with Crippen LogP contribution in [-0.4, -0.2) is 47.1 Å². The summed E-state index contributed by atoms with van der Waals surface area (Å²) >= 11 is 0. The van der Waals surface area contributed by atoms with Crippen LogP contribution < -0.4 is 4.74 Å². The van der Waals surface area contributed by atoms with E-state index in [0.717, 1.165) is 5.56 Å². The molecule has 0 aliphatic carbocycles. The van der Waals surface area contributed by atoms with Gasteiger partial charge in [-0.25, -0.2) is 13.4 Å². The molecule has 1 fully saturated rings. The van der Waals surface area contributed by atoms with Crippen molar-refractivity contribution >= 4 is 10.0 Å². The predicted molar refractivity (Wildman–Crippen MR) is 84.8 cm³/mol. The zero-order valence-electron chi connectivity index (χ0n) is 13.4. The van der Waals surface area contributed by atoms with Crippen molar-refractivity contribution in [2.45, 2.75) is 38.2 Å². The molecule has 0 spiro atoms. The molecule has 8 heteroatoms. The van der Waals surface area contributed by atoms with Crippen molar-refractivity contribution in [3.63, 3.8) is 0 Å². The van der Waals surface area contributed by atoms with Gasteiger partial charge in [-0.3, -0.25) is 5.10 Å². The molecule has 1 saturated heterocycles. The van der Waals surface area contributed by atoms with Crippen molar-refractivity contribution < 1.29 is 13.2 Å². The highest BCUT2D eigenvalue weighted by atomic mass is 32.2. The number of aromatic amines is 1.